The van der Waals surface area contributed by atoms with Gasteiger partial charge in [-0.15, -0.1) is 0 Å². The molecule has 108 valence electrons. The van der Waals surface area contributed by atoms with Crippen LogP contribution < -0.4 is 10.5 Å². The van der Waals surface area contributed by atoms with Crippen molar-refractivity contribution < 1.29 is 14.3 Å². The summed E-state index contributed by atoms with van der Waals surface area (Å²) in [5.41, 5.74) is 9.17. The Balaban J connectivity index is 1.66. The quantitative estimate of drug-likeness (QED) is 0.692. The Morgan fingerprint density at radius 3 is 2.86 bits per heavy atom. The van der Waals surface area contributed by atoms with Gasteiger partial charge in [0, 0.05) is 11.6 Å². The second-order valence-electron chi connectivity index (χ2n) is 5.15. The molecule has 0 amide bonds. The Labute approximate surface area is 123 Å². The Kier molecular flexibility index (Phi) is 3.52. The van der Waals surface area contributed by atoms with Crippen molar-refractivity contribution in [1.29, 1.82) is 0 Å². The number of hydrogen-bond acceptors (Lipinski definition) is 4. The van der Waals surface area contributed by atoms with Crippen LogP contribution in [0.1, 0.15) is 27.4 Å². The molecule has 1 atom stereocenters. The summed E-state index contributed by atoms with van der Waals surface area (Å²) in [5.74, 6) is 0.470. The lowest BCUT2D eigenvalue weighted by atomic mass is 9.78. The summed E-state index contributed by atoms with van der Waals surface area (Å²) >= 11 is 0. The zero-order valence-corrected chi connectivity index (χ0v) is 11.8. The van der Waals surface area contributed by atoms with E-state index in [1.165, 1.54) is 11.1 Å². The molecular formula is C17H17NO3. The molecule has 2 aromatic carbocycles. The highest BCUT2D eigenvalue weighted by atomic mass is 16.5. The van der Waals surface area contributed by atoms with Crippen molar-refractivity contribution >= 4 is 11.7 Å². The van der Waals surface area contributed by atoms with Crippen molar-refractivity contribution in [1.82, 2.24) is 0 Å². The molecule has 0 bridgehead atoms. The molecule has 2 N–H and O–H groups in total. The average Bonchev–Trinajstić information content (AvgIpc) is 2.48. The number of benzene rings is 2. The van der Waals surface area contributed by atoms with E-state index in [0.29, 0.717) is 23.6 Å². The van der Waals surface area contributed by atoms with Crippen LogP contribution in [0.2, 0.25) is 0 Å². The van der Waals surface area contributed by atoms with Gasteiger partial charge in [-0.25, -0.2) is 4.79 Å². The van der Waals surface area contributed by atoms with E-state index in [9.17, 15) is 4.79 Å². The maximum absolute atomic E-state index is 12.1. The van der Waals surface area contributed by atoms with Crippen molar-refractivity contribution in [2.24, 2.45) is 0 Å². The zero-order chi connectivity index (χ0) is 14.8. The summed E-state index contributed by atoms with van der Waals surface area (Å²) in [4.78, 5) is 12.1. The molecule has 3 rings (SSSR count). The number of carbonyl (C=O) groups is 1. The summed E-state index contributed by atoms with van der Waals surface area (Å²) < 4.78 is 10.5. The maximum atomic E-state index is 12.1. The lowest BCUT2D eigenvalue weighted by molar-refractivity contribution is 0.0470. The second-order valence-corrected chi connectivity index (χ2v) is 5.15. The van der Waals surface area contributed by atoms with Gasteiger partial charge in [0.15, 0.2) is 0 Å². The number of carbonyl (C=O) groups excluding carboxylic acids is 1. The van der Waals surface area contributed by atoms with E-state index in [1.807, 2.05) is 12.1 Å². The molecule has 0 heterocycles. The van der Waals surface area contributed by atoms with Gasteiger partial charge in [-0.2, -0.15) is 0 Å². The molecule has 21 heavy (non-hydrogen) atoms. The van der Waals surface area contributed by atoms with Gasteiger partial charge >= 0.3 is 5.97 Å². The first-order chi connectivity index (χ1) is 10.2. The van der Waals surface area contributed by atoms with Gasteiger partial charge in [0.05, 0.1) is 19.3 Å². The second kappa shape index (κ2) is 5.48. The number of esters is 1. The molecule has 1 aliphatic carbocycles. The fraction of sp³-hybridized carbons (Fsp3) is 0.235. The van der Waals surface area contributed by atoms with Crippen LogP contribution in [0, 0.1) is 0 Å². The normalized spacial score (nSPS) is 15.8. The average molecular weight is 283 g/mol. The number of methoxy groups -OCH3 is 1. The molecule has 0 aliphatic heterocycles. The summed E-state index contributed by atoms with van der Waals surface area (Å²) in [7, 11) is 1.55. The Hall–Kier alpha value is -2.49. The lowest BCUT2D eigenvalue weighted by Crippen LogP contribution is -2.23. The van der Waals surface area contributed by atoms with Crippen LogP contribution in [-0.2, 0) is 11.2 Å². The Morgan fingerprint density at radius 2 is 2.10 bits per heavy atom. The van der Waals surface area contributed by atoms with E-state index in [1.54, 1.807) is 25.3 Å². The van der Waals surface area contributed by atoms with Crippen molar-refractivity contribution in [2.45, 2.75) is 12.3 Å². The van der Waals surface area contributed by atoms with Gasteiger partial charge in [0.25, 0.3) is 0 Å². The van der Waals surface area contributed by atoms with E-state index in [2.05, 4.69) is 12.1 Å². The van der Waals surface area contributed by atoms with Crippen LogP contribution in [0.5, 0.6) is 5.75 Å². The fourth-order valence-corrected chi connectivity index (χ4v) is 2.60. The van der Waals surface area contributed by atoms with E-state index in [4.69, 9.17) is 15.2 Å². The number of nitrogen functional groups attached to an aromatic ring is 1. The van der Waals surface area contributed by atoms with E-state index < -0.39 is 5.97 Å². The molecule has 0 fully saturated rings. The SMILES string of the molecule is COc1ccc(N)c(C(=O)OCC2Cc3ccccc32)c1. The topological polar surface area (TPSA) is 61.5 Å². The number of nitrogens with two attached hydrogens (primary N) is 1. The van der Waals surface area contributed by atoms with Gasteiger partial charge in [-0.05, 0) is 35.7 Å². The third-order valence-corrected chi connectivity index (χ3v) is 3.86. The van der Waals surface area contributed by atoms with Crippen LogP contribution >= 0.6 is 0 Å². The van der Waals surface area contributed by atoms with Crippen molar-refractivity contribution in [3.05, 3.63) is 59.2 Å². The summed E-state index contributed by atoms with van der Waals surface area (Å²) in [6.45, 7) is 0.381. The van der Waals surface area contributed by atoms with Crippen molar-refractivity contribution in [2.75, 3.05) is 19.5 Å². The van der Waals surface area contributed by atoms with Gasteiger partial charge < -0.3 is 15.2 Å². The summed E-state index contributed by atoms with van der Waals surface area (Å²) in [6, 6.07) is 13.2. The molecular weight excluding hydrogens is 266 g/mol. The van der Waals surface area contributed by atoms with E-state index in [-0.39, 0.29) is 5.92 Å². The number of hydrogen-bond donors (Lipinski definition) is 1. The summed E-state index contributed by atoms with van der Waals surface area (Å²) in [6.07, 6.45) is 0.955. The monoisotopic (exact) mass is 283 g/mol. The molecule has 0 saturated carbocycles. The van der Waals surface area contributed by atoms with Crippen LogP contribution in [-0.4, -0.2) is 19.7 Å². The lowest BCUT2D eigenvalue weighted by Gasteiger charge is -2.29. The molecule has 0 radical (unpaired) electrons. The molecule has 1 aliphatic rings. The van der Waals surface area contributed by atoms with Gasteiger partial charge in [0.2, 0.25) is 0 Å². The Bertz CT molecular complexity index is 681. The number of fused-ring (bicyclic) bond motifs is 1. The first-order valence-corrected chi connectivity index (χ1v) is 6.87. The van der Waals surface area contributed by atoms with Crippen LogP contribution in [0.4, 0.5) is 5.69 Å². The molecule has 0 aromatic heterocycles. The standard InChI is InChI=1S/C17H17NO3/c1-20-13-6-7-16(18)15(9-13)17(19)21-10-12-8-11-4-2-3-5-14(11)12/h2-7,9,12H,8,10,18H2,1H3. The largest absolute Gasteiger partial charge is 0.497 e. The van der Waals surface area contributed by atoms with Gasteiger partial charge in [-0.1, -0.05) is 24.3 Å². The molecule has 2 aromatic rings. The van der Waals surface area contributed by atoms with Crippen LogP contribution in [0.3, 0.4) is 0 Å². The third kappa shape index (κ3) is 2.57. The minimum Gasteiger partial charge on any atom is -0.497 e. The first kappa shape index (κ1) is 13.5. The molecule has 1 unspecified atom stereocenters. The Morgan fingerprint density at radius 1 is 1.29 bits per heavy atom. The minimum atomic E-state index is -0.407. The molecule has 0 spiro atoms. The zero-order valence-electron chi connectivity index (χ0n) is 11.8. The number of anilines is 1. The van der Waals surface area contributed by atoms with Crippen LogP contribution in [0.15, 0.2) is 42.5 Å². The summed E-state index contributed by atoms with van der Waals surface area (Å²) in [5, 5.41) is 0. The highest BCUT2D eigenvalue weighted by molar-refractivity contribution is 5.95. The van der Waals surface area contributed by atoms with Gasteiger partial charge in [0.1, 0.15) is 5.75 Å². The molecule has 0 saturated heterocycles. The minimum absolute atomic E-state index is 0.289. The fourth-order valence-electron chi connectivity index (χ4n) is 2.60. The van der Waals surface area contributed by atoms with Gasteiger partial charge in [-0.3, -0.25) is 0 Å². The first-order valence-electron chi connectivity index (χ1n) is 6.87. The smallest absolute Gasteiger partial charge is 0.340 e. The van der Waals surface area contributed by atoms with Crippen LogP contribution in [0.25, 0.3) is 0 Å². The molecule has 4 nitrogen and oxygen atoms in total. The third-order valence-electron chi connectivity index (χ3n) is 3.86. The van der Waals surface area contributed by atoms with E-state index >= 15 is 0 Å². The predicted molar refractivity (Wildman–Crippen MR) is 80.6 cm³/mol. The number of ether oxygens (including phenoxy) is 2. The van der Waals surface area contributed by atoms with Crippen molar-refractivity contribution in [3.63, 3.8) is 0 Å². The highest BCUT2D eigenvalue weighted by Gasteiger charge is 2.27. The molecule has 4 heteroatoms. The van der Waals surface area contributed by atoms with E-state index in [0.717, 1.165) is 6.42 Å². The number of rotatable bonds is 4. The predicted octanol–water partition coefficient (Wildman–Crippen LogP) is 2.77. The highest BCUT2D eigenvalue weighted by Crippen LogP contribution is 2.35. The maximum Gasteiger partial charge on any atom is 0.340 e. The van der Waals surface area contributed by atoms with Crippen molar-refractivity contribution in [3.8, 4) is 5.75 Å².